The Morgan fingerprint density at radius 1 is 1.62 bits per heavy atom. The third-order valence-electron chi connectivity index (χ3n) is 2.10. The highest BCUT2D eigenvalue weighted by Gasteiger charge is 2.30. The van der Waals surface area contributed by atoms with Crippen molar-refractivity contribution in [1.29, 1.82) is 0 Å². The molecule has 0 spiro atoms. The van der Waals surface area contributed by atoms with Crippen LogP contribution in [-0.4, -0.2) is 33.9 Å². The number of hydrogen-bond donors (Lipinski definition) is 2. The average Bonchev–Trinajstić information content (AvgIpc) is 2.61. The van der Waals surface area contributed by atoms with Crippen molar-refractivity contribution in [2.24, 2.45) is 5.73 Å². The number of aromatic nitrogens is 2. The lowest BCUT2D eigenvalue weighted by molar-refractivity contribution is -0.122. The van der Waals surface area contributed by atoms with Gasteiger partial charge in [0.05, 0.1) is 0 Å². The van der Waals surface area contributed by atoms with Gasteiger partial charge in [0.15, 0.2) is 4.34 Å². The van der Waals surface area contributed by atoms with E-state index >= 15 is 0 Å². The highest BCUT2D eigenvalue weighted by Crippen LogP contribution is 2.25. The number of amides is 1. The molecule has 0 aliphatic heterocycles. The molecule has 5 nitrogen and oxygen atoms in total. The van der Waals surface area contributed by atoms with Gasteiger partial charge in [0.25, 0.3) is 0 Å². The van der Waals surface area contributed by atoms with Crippen molar-refractivity contribution in [2.45, 2.75) is 30.6 Å². The Bertz CT molecular complexity index is 368. The fraction of sp³-hybridized carbons (Fsp3) is 0.667. The summed E-state index contributed by atoms with van der Waals surface area (Å²) in [6, 6.07) is 0. The zero-order chi connectivity index (χ0) is 12.2. The minimum atomic E-state index is -0.695. The van der Waals surface area contributed by atoms with Crippen LogP contribution in [0.1, 0.15) is 18.9 Å². The Hall–Kier alpha value is -0.660. The highest BCUT2D eigenvalue weighted by molar-refractivity contribution is 8.01. The van der Waals surface area contributed by atoms with E-state index in [0.717, 1.165) is 9.35 Å². The van der Waals surface area contributed by atoms with E-state index in [-0.39, 0.29) is 5.91 Å². The quantitative estimate of drug-likeness (QED) is 0.739. The predicted molar refractivity (Wildman–Crippen MR) is 66.6 cm³/mol. The first-order valence-corrected chi connectivity index (χ1v) is 6.76. The first-order chi connectivity index (χ1) is 7.48. The molecule has 3 N–H and O–H groups in total. The molecule has 0 aromatic carbocycles. The molecule has 1 atom stereocenters. The minimum absolute atomic E-state index is 0.344. The first-order valence-electron chi connectivity index (χ1n) is 4.96. The molecular formula is C9H16N4OS2. The normalized spacial score (nSPS) is 14.7. The summed E-state index contributed by atoms with van der Waals surface area (Å²) >= 11 is 3.02. The molecular weight excluding hydrogens is 244 g/mol. The van der Waals surface area contributed by atoms with Gasteiger partial charge in [-0.05, 0) is 20.4 Å². The van der Waals surface area contributed by atoms with Crippen LogP contribution in [0.15, 0.2) is 4.34 Å². The summed E-state index contributed by atoms with van der Waals surface area (Å²) in [5.41, 5.74) is 4.68. The van der Waals surface area contributed by atoms with Gasteiger partial charge in [-0.25, -0.2) is 0 Å². The summed E-state index contributed by atoms with van der Waals surface area (Å²) in [6.07, 6.45) is 0. The maximum Gasteiger partial charge on any atom is 0.238 e. The van der Waals surface area contributed by atoms with Crippen molar-refractivity contribution >= 4 is 29.0 Å². The fourth-order valence-corrected chi connectivity index (χ4v) is 3.09. The number of carbonyl (C=O) groups is 1. The summed E-state index contributed by atoms with van der Waals surface area (Å²) in [7, 11) is 0. The number of likely N-dealkylation sites (N-methyl/N-ethyl adjacent to an activating group) is 1. The number of aryl methyl sites for hydroxylation is 1. The Morgan fingerprint density at radius 3 is 2.75 bits per heavy atom. The number of primary amides is 1. The fourth-order valence-electron chi connectivity index (χ4n) is 1.14. The van der Waals surface area contributed by atoms with E-state index in [9.17, 15) is 4.79 Å². The van der Waals surface area contributed by atoms with Gasteiger partial charge in [-0.3, -0.25) is 4.79 Å². The second-order valence-electron chi connectivity index (χ2n) is 3.60. The van der Waals surface area contributed by atoms with Crippen molar-refractivity contribution in [3.8, 4) is 0 Å². The largest absolute Gasteiger partial charge is 0.368 e. The maximum atomic E-state index is 11.4. The summed E-state index contributed by atoms with van der Waals surface area (Å²) in [5.74, 6) is 0.216. The number of nitrogens with one attached hydrogen (secondary N) is 1. The van der Waals surface area contributed by atoms with Crippen LogP contribution in [0.5, 0.6) is 0 Å². The number of carbonyl (C=O) groups excluding carboxylic acids is 1. The Morgan fingerprint density at radius 2 is 2.31 bits per heavy atom. The van der Waals surface area contributed by atoms with Crippen LogP contribution in [0.4, 0.5) is 0 Å². The number of nitrogens with two attached hydrogens (primary N) is 1. The lowest BCUT2D eigenvalue weighted by atomic mass is 10.1. The van der Waals surface area contributed by atoms with Crippen molar-refractivity contribution < 1.29 is 4.79 Å². The van der Waals surface area contributed by atoms with E-state index in [1.165, 1.54) is 23.1 Å². The van der Waals surface area contributed by atoms with Gasteiger partial charge in [-0.15, -0.1) is 10.2 Å². The molecule has 16 heavy (non-hydrogen) atoms. The Labute approximate surface area is 103 Å². The minimum Gasteiger partial charge on any atom is -0.368 e. The van der Waals surface area contributed by atoms with Gasteiger partial charge in [0.2, 0.25) is 5.91 Å². The lowest BCUT2D eigenvalue weighted by Crippen LogP contribution is -2.55. The standard InChI is InChI=1S/C9H16N4OS2/c1-4-11-9(3,7(10)14)5-15-8-13-12-6(2)16-8/h11H,4-5H2,1-3H3,(H2,10,14). The third-order valence-corrected chi connectivity index (χ3v) is 4.39. The van der Waals surface area contributed by atoms with E-state index in [0.29, 0.717) is 12.3 Å². The molecule has 1 unspecified atom stereocenters. The second-order valence-corrected chi connectivity index (χ2v) is 6.01. The van der Waals surface area contributed by atoms with Gasteiger partial charge in [0, 0.05) is 5.75 Å². The number of nitrogens with zero attached hydrogens (tertiary/aromatic N) is 2. The monoisotopic (exact) mass is 260 g/mol. The Kier molecular flexibility index (Phi) is 4.69. The van der Waals surface area contributed by atoms with Crippen molar-refractivity contribution in [2.75, 3.05) is 12.3 Å². The molecule has 1 heterocycles. The van der Waals surface area contributed by atoms with Gasteiger partial charge in [-0.1, -0.05) is 30.0 Å². The number of rotatable bonds is 6. The topological polar surface area (TPSA) is 80.9 Å². The van der Waals surface area contributed by atoms with Crippen LogP contribution in [0, 0.1) is 6.92 Å². The smallest absolute Gasteiger partial charge is 0.238 e. The van der Waals surface area contributed by atoms with Crippen molar-refractivity contribution in [3.05, 3.63) is 5.01 Å². The lowest BCUT2D eigenvalue weighted by Gasteiger charge is -2.25. The molecule has 1 aromatic rings. The number of thioether (sulfide) groups is 1. The van der Waals surface area contributed by atoms with Gasteiger partial charge >= 0.3 is 0 Å². The summed E-state index contributed by atoms with van der Waals surface area (Å²) < 4.78 is 0.864. The molecule has 1 aromatic heterocycles. The molecule has 0 saturated carbocycles. The summed E-state index contributed by atoms with van der Waals surface area (Å²) in [4.78, 5) is 11.4. The second kappa shape index (κ2) is 5.60. The van der Waals surface area contributed by atoms with Crippen LogP contribution in [-0.2, 0) is 4.79 Å². The summed E-state index contributed by atoms with van der Waals surface area (Å²) in [6.45, 7) is 6.36. The van der Waals surface area contributed by atoms with Gasteiger partial charge in [0.1, 0.15) is 10.5 Å². The summed E-state index contributed by atoms with van der Waals surface area (Å²) in [5, 5.41) is 11.9. The molecule has 0 radical (unpaired) electrons. The predicted octanol–water partition coefficient (Wildman–Crippen LogP) is 0.792. The molecule has 0 fully saturated rings. The average molecular weight is 260 g/mol. The van der Waals surface area contributed by atoms with Crippen molar-refractivity contribution in [1.82, 2.24) is 15.5 Å². The zero-order valence-electron chi connectivity index (χ0n) is 9.61. The molecule has 7 heteroatoms. The van der Waals surface area contributed by atoms with Crippen LogP contribution in [0.25, 0.3) is 0 Å². The SMILES string of the molecule is CCNC(C)(CSc1nnc(C)s1)C(N)=O. The van der Waals surface area contributed by atoms with Gasteiger partial charge < -0.3 is 11.1 Å². The molecule has 90 valence electrons. The highest BCUT2D eigenvalue weighted by atomic mass is 32.2. The van der Waals surface area contributed by atoms with Crippen molar-refractivity contribution in [3.63, 3.8) is 0 Å². The maximum absolute atomic E-state index is 11.4. The van der Waals surface area contributed by atoms with Crippen LogP contribution in [0.2, 0.25) is 0 Å². The van der Waals surface area contributed by atoms with E-state index in [2.05, 4.69) is 15.5 Å². The van der Waals surface area contributed by atoms with Crippen LogP contribution in [0.3, 0.4) is 0 Å². The molecule has 0 aliphatic carbocycles. The molecule has 0 saturated heterocycles. The molecule has 0 bridgehead atoms. The molecule has 1 amide bonds. The molecule has 0 aliphatic rings. The van der Waals surface area contributed by atoms with E-state index in [1.54, 1.807) is 6.92 Å². The van der Waals surface area contributed by atoms with E-state index in [1.807, 2.05) is 13.8 Å². The van der Waals surface area contributed by atoms with E-state index in [4.69, 9.17) is 5.73 Å². The third kappa shape index (κ3) is 3.43. The molecule has 1 rings (SSSR count). The van der Waals surface area contributed by atoms with Gasteiger partial charge in [-0.2, -0.15) is 0 Å². The van der Waals surface area contributed by atoms with Crippen LogP contribution >= 0.6 is 23.1 Å². The number of hydrogen-bond acceptors (Lipinski definition) is 6. The Balaban J connectivity index is 2.60. The van der Waals surface area contributed by atoms with E-state index < -0.39 is 5.54 Å². The zero-order valence-corrected chi connectivity index (χ0v) is 11.2. The first kappa shape index (κ1) is 13.4. The van der Waals surface area contributed by atoms with Crippen LogP contribution < -0.4 is 11.1 Å².